The van der Waals surface area contributed by atoms with Gasteiger partial charge in [-0.2, -0.15) is 0 Å². The van der Waals surface area contributed by atoms with Crippen molar-refractivity contribution in [2.45, 2.75) is 43.8 Å². The first kappa shape index (κ1) is 34.2. The molecule has 0 bridgehead atoms. The quantitative estimate of drug-likeness (QED) is 0.130. The number of sulfonamides is 1. The lowest BCUT2D eigenvalue weighted by Gasteiger charge is -2.36. The van der Waals surface area contributed by atoms with Crippen LogP contribution in [0.25, 0.3) is 11.1 Å². The summed E-state index contributed by atoms with van der Waals surface area (Å²) in [6, 6.07) is 6.79. The zero-order valence-corrected chi connectivity index (χ0v) is 27.3. The fourth-order valence-corrected chi connectivity index (χ4v) is 6.39. The highest BCUT2D eigenvalue weighted by atomic mass is 35.5. The second kappa shape index (κ2) is 13.2. The van der Waals surface area contributed by atoms with Crippen molar-refractivity contribution < 1.29 is 45.0 Å². The van der Waals surface area contributed by atoms with Gasteiger partial charge in [-0.15, -0.1) is 0 Å². The number of nitrogens with one attached hydrogen (secondary N) is 1. The fraction of sp³-hybridized carbons (Fsp3) is 0.345. The SMILES string of the molecule is COC(=O)c1cc(Cl)c(OC)c(S(=O)(=O)Nc2cc(-c3cc(F)ccc3OCCO[Si](C)(C)C(C)(C)C)c(F)cc2F)c1. The Labute approximate surface area is 255 Å². The minimum absolute atomic E-state index is 0.0367. The predicted molar refractivity (Wildman–Crippen MR) is 161 cm³/mol. The smallest absolute Gasteiger partial charge is 0.337 e. The van der Waals surface area contributed by atoms with Crippen LogP contribution in [0.5, 0.6) is 11.5 Å². The van der Waals surface area contributed by atoms with Crippen LogP contribution < -0.4 is 14.2 Å². The number of carbonyl (C=O) groups excluding carboxylic acids is 1. The van der Waals surface area contributed by atoms with Crippen molar-refractivity contribution in [3.63, 3.8) is 0 Å². The van der Waals surface area contributed by atoms with Gasteiger partial charge in [-0.1, -0.05) is 32.4 Å². The minimum Gasteiger partial charge on any atom is -0.494 e. The van der Waals surface area contributed by atoms with E-state index >= 15 is 4.39 Å². The van der Waals surface area contributed by atoms with E-state index in [1.54, 1.807) is 0 Å². The maximum Gasteiger partial charge on any atom is 0.337 e. The summed E-state index contributed by atoms with van der Waals surface area (Å²) >= 11 is 6.13. The highest BCUT2D eigenvalue weighted by Crippen LogP contribution is 2.39. The topological polar surface area (TPSA) is 100 Å². The average molecular weight is 660 g/mol. The van der Waals surface area contributed by atoms with Crippen LogP contribution in [0, 0.1) is 17.5 Å². The number of ether oxygens (including phenoxy) is 3. The predicted octanol–water partition coefficient (Wildman–Crippen LogP) is 7.42. The molecule has 0 aliphatic carbocycles. The largest absolute Gasteiger partial charge is 0.494 e. The van der Waals surface area contributed by atoms with E-state index in [-0.39, 0.29) is 51.5 Å². The van der Waals surface area contributed by atoms with Crippen LogP contribution in [0.2, 0.25) is 23.2 Å². The third-order valence-corrected chi connectivity index (χ3v) is 13.3. The summed E-state index contributed by atoms with van der Waals surface area (Å²) in [5, 5.41) is -0.268. The number of rotatable bonds is 11. The molecule has 234 valence electrons. The molecule has 0 saturated heterocycles. The highest BCUT2D eigenvalue weighted by Gasteiger charge is 2.37. The van der Waals surface area contributed by atoms with Gasteiger partial charge in [0.05, 0.1) is 37.1 Å². The Kier molecular flexibility index (Phi) is 10.5. The molecular weight excluding hydrogens is 627 g/mol. The van der Waals surface area contributed by atoms with Gasteiger partial charge in [0.25, 0.3) is 10.0 Å². The van der Waals surface area contributed by atoms with Crippen molar-refractivity contribution in [2.75, 3.05) is 32.2 Å². The molecule has 3 aromatic carbocycles. The minimum atomic E-state index is -4.69. The Hall–Kier alpha value is -3.26. The van der Waals surface area contributed by atoms with Gasteiger partial charge in [-0.05, 0) is 54.5 Å². The Morgan fingerprint density at radius 3 is 2.23 bits per heavy atom. The van der Waals surface area contributed by atoms with Crippen molar-refractivity contribution in [3.05, 3.63) is 70.5 Å². The highest BCUT2D eigenvalue weighted by molar-refractivity contribution is 7.92. The van der Waals surface area contributed by atoms with Gasteiger partial charge in [0, 0.05) is 17.2 Å². The van der Waals surface area contributed by atoms with Crippen LogP contribution in [0.4, 0.5) is 18.9 Å². The number of carbonyl (C=O) groups is 1. The van der Waals surface area contributed by atoms with E-state index in [0.29, 0.717) is 6.07 Å². The Morgan fingerprint density at radius 1 is 0.953 bits per heavy atom. The summed E-state index contributed by atoms with van der Waals surface area (Å²) in [7, 11) is -4.52. The number of esters is 1. The van der Waals surface area contributed by atoms with Crippen LogP contribution in [0.3, 0.4) is 0 Å². The van der Waals surface area contributed by atoms with Crippen molar-refractivity contribution in [2.24, 2.45) is 0 Å². The van der Waals surface area contributed by atoms with Gasteiger partial charge < -0.3 is 18.6 Å². The lowest BCUT2D eigenvalue weighted by molar-refractivity contribution is 0.0600. The first-order valence-electron chi connectivity index (χ1n) is 13.0. The molecule has 0 aromatic heterocycles. The molecule has 0 atom stereocenters. The molecule has 0 amide bonds. The molecule has 0 radical (unpaired) electrons. The summed E-state index contributed by atoms with van der Waals surface area (Å²) in [6.45, 7) is 10.7. The van der Waals surface area contributed by atoms with E-state index in [1.807, 2.05) is 4.72 Å². The Morgan fingerprint density at radius 2 is 1.63 bits per heavy atom. The van der Waals surface area contributed by atoms with E-state index in [0.717, 1.165) is 44.6 Å². The van der Waals surface area contributed by atoms with Crippen LogP contribution in [-0.2, 0) is 19.2 Å². The third-order valence-electron chi connectivity index (χ3n) is 7.07. The van der Waals surface area contributed by atoms with Gasteiger partial charge >= 0.3 is 5.97 Å². The molecule has 3 rings (SSSR count). The maximum absolute atomic E-state index is 15.1. The maximum atomic E-state index is 15.1. The number of halogens is 4. The lowest BCUT2D eigenvalue weighted by Crippen LogP contribution is -2.41. The molecule has 0 spiro atoms. The Balaban J connectivity index is 1.99. The number of hydrogen-bond donors (Lipinski definition) is 1. The molecule has 8 nitrogen and oxygen atoms in total. The van der Waals surface area contributed by atoms with E-state index in [4.69, 9.17) is 25.5 Å². The third kappa shape index (κ3) is 7.83. The van der Waals surface area contributed by atoms with Gasteiger partial charge in [0.15, 0.2) is 14.1 Å². The van der Waals surface area contributed by atoms with Gasteiger partial charge in [-0.25, -0.2) is 26.4 Å². The summed E-state index contributed by atoms with van der Waals surface area (Å²) < 4.78 is 94.8. The fourth-order valence-electron chi connectivity index (χ4n) is 3.74. The number of methoxy groups -OCH3 is 2. The second-order valence-corrected chi connectivity index (χ2v) is 17.9. The normalized spacial score (nSPS) is 12.2. The number of anilines is 1. The summed E-state index contributed by atoms with van der Waals surface area (Å²) in [6.07, 6.45) is 0. The molecule has 0 aliphatic rings. The van der Waals surface area contributed by atoms with Crippen LogP contribution >= 0.6 is 11.6 Å². The molecule has 14 heteroatoms. The average Bonchev–Trinajstić information content (AvgIpc) is 2.91. The Bertz CT molecular complexity index is 1630. The molecule has 43 heavy (non-hydrogen) atoms. The summed E-state index contributed by atoms with van der Waals surface area (Å²) in [4.78, 5) is 11.4. The van der Waals surface area contributed by atoms with Gasteiger partial charge in [0.2, 0.25) is 0 Å². The van der Waals surface area contributed by atoms with E-state index in [2.05, 4.69) is 38.6 Å². The molecular formula is C29H33ClF3NO7SSi. The zero-order valence-electron chi connectivity index (χ0n) is 24.7. The van der Waals surface area contributed by atoms with Gasteiger partial charge in [0.1, 0.15) is 34.7 Å². The van der Waals surface area contributed by atoms with Crippen LogP contribution in [-0.4, -0.2) is 50.1 Å². The zero-order chi connectivity index (χ0) is 32.3. The summed E-state index contributed by atoms with van der Waals surface area (Å²) in [5.41, 5.74) is -1.31. The molecule has 0 heterocycles. The van der Waals surface area contributed by atoms with Crippen LogP contribution in [0.1, 0.15) is 31.1 Å². The van der Waals surface area contributed by atoms with Crippen molar-refractivity contribution in [3.8, 4) is 22.6 Å². The standard InChI is InChI=1S/C29H33ClF3NO7SSi/c1-29(2,3)43(6,7)41-11-10-40-25-9-8-18(31)14-20(25)19-15-24(23(33)16-22(19)32)34-42(36,37)26-13-17(28(35)39-5)12-21(30)27(26)38-4/h8-9,12-16,34H,10-11H2,1-7H3. The first-order valence-corrected chi connectivity index (χ1v) is 17.7. The van der Waals surface area contributed by atoms with Crippen molar-refractivity contribution in [1.82, 2.24) is 0 Å². The van der Waals surface area contributed by atoms with Crippen molar-refractivity contribution in [1.29, 1.82) is 0 Å². The molecule has 1 N–H and O–H groups in total. The number of benzene rings is 3. The van der Waals surface area contributed by atoms with E-state index in [1.165, 1.54) is 6.07 Å². The molecule has 0 aliphatic heterocycles. The number of hydrogen-bond acceptors (Lipinski definition) is 7. The van der Waals surface area contributed by atoms with E-state index in [9.17, 15) is 22.0 Å². The molecule has 0 saturated carbocycles. The second-order valence-electron chi connectivity index (χ2n) is 11.0. The lowest BCUT2D eigenvalue weighted by atomic mass is 10.0. The van der Waals surface area contributed by atoms with Crippen molar-refractivity contribution >= 4 is 41.6 Å². The molecule has 0 fully saturated rings. The summed E-state index contributed by atoms with van der Waals surface area (Å²) in [5.74, 6) is -4.24. The van der Waals surface area contributed by atoms with Crippen LogP contribution in [0.15, 0.2) is 47.4 Å². The molecule has 3 aromatic rings. The molecule has 0 unspecified atom stereocenters. The van der Waals surface area contributed by atoms with Gasteiger partial charge in [-0.3, -0.25) is 4.72 Å². The first-order chi connectivity index (χ1) is 19.9. The van der Waals surface area contributed by atoms with E-state index < -0.39 is 52.3 Å². The monoisotopic (exact) mass is 659 g/mol.